The molecule has 0 aliphatic heterocycles. The third-order valence-corrected chi connectivity index (χ3v) is 3.92. The Balaban J connectivity index is 2.48. The molecule has 0 radical (unpaired) electrons. The number of carbonyl (C=O) groups is 2. The van der Waals surface area contributed by atoms with Crippen LogP contribution in [0.25, 0.3) is 0 Å². The van der Waals surface area contributed by atoms with E-state index in [9.17, 15) is 18.9 Å². The Morgan fingerprint density at radius 3 is 2.39 bits per heavy atom. The molecule has 3 N–H and O–H groups in total. The molecular formula is C11H20N2O4S. The molecule has 0 aromatic carbocycles. The van der Waals surface area contributed by atoms with E-state index in [1.54, 1.807) is 6.26 Å². The number of rotatable bonds is 5. The van der Waals surface area contributed by atoms with Gasteiger partial charge in [0.15, 0.2) is 0 Å². The molecule has 1 unspecified atom stereocenters. The summed E-state index contributed by atoms with van der Waals surface area (Å²) in [5.74, 6) is -0.607. The fraction of sp³-hybridized carbons (Fsp3) is 0.818. The van der Waals surface area contributed by atoms with Gasteiger partial charge in [-0.1, -0.05) is 19.3 Å². The molecule has 1 atom stereocenters. The van der Waals surface area contributed by atoms with Crippen molar-refractivity contribution < 1.29 is 18.9 Å². The number of hydrogen-bond acceptors (Lipinski definition) is 3. The molecule has 0 aromatic rings. The maximum Gasteiger partial charge on any atom is 0.329 e. The van der Waals surface area contributed by atoms with E-state index in [0.29, 0.717) is 18.6 Å². The van der Waals surface area contributed by atoms with Gasteiger partial charge in [-0.3, -0.25) is 4.21 Å². The second kappa shape index (κ2) is 6.72. The van der Waals surface area contributed by atoms with Crippen molar-refractivity contribution in [2.24, 2.45) is 0 Å². The van der Waals surface area contributed by atoms with Gasteiger partial charge in [-0.25, -0.2) is 9.59 Å². The second-order valence-corrected chi connectivity index (χ2v) is 6.16. The number of carboxylic acid groups (broad SMARTS) is 1. The van der Waals surface area contributed by atoms with Crippen LogP contribution >= 0.6 is 0 Å². The molecule has 1 aliphatic carbocycles. The van der Waals surface area contributed by atoms with E-state index in [0.717, 1.165) is 19.3 Å². The fourth-order valence-electron chi connectivity index (χ4n) is 2.12. The Kier molecular flexibility index (Phi) is 5.58. The normalized spacial score (nSPS) is 19.8. The third kappa shape index (κ3) is 4.29. The van der Waals surface area contributed by atoms with Gasteiger partial charge < -0.3 is 15.7 Å². The number of urea groups is 1. The van der Waals surface area contributed by atoms with Gasteiger partial charge in [-0.15, -0.1) is 0 Å². The van der Waals surface area contributed by atoms with E-state index in [-0.39, 0.29) is 6.54 Å². The molecule has 0 heterocycles. The summed E-state index contributed by atoms with van der Waals surface area (Å²) < 4.78 is 10.8. The van der Waals surface area contributed by atoms with Gasteiger partial charge >= 0.3 is 12.0 Å². The first kappa shape index (κ1) is 14.9. The van der Waals surface area contributed by atoms with E-state index in [1.807, 2.05) is 0 Å². The van der Waals surface area contributed by atoms with E-state index in [2.05, 4.69) is 10.6 Å². The zero-order chi connectivity index (χ0) is 13.6. The van der Waals surface area contributed by atoms with Gasteiger partial charge in [0.2, 0.25) is 0 Å². The third-order valence-electron chi connectivity index (χ3n) is 3.14. The largest absolute Gasteiger partial charge is 0.480 e. The topological polar surface area (TPSA) is 95.5 Å². The monoisotopic (exact) mass is 276 g/mol. The van der Waals surface area contributed by atoms with E-state index >= 15 is 0 Å². The highest BCUT2D eigenvalue weighted by Crippen LogP contribution is 2.28. The highest BCUT2D eigenvalue weighted by Gasteiger charge is 2.40. The molecule has 6 nitrogen and oxygen atoms in total. The number of carboxylic acids is 1. The number of hydrogen-bond donors (Lipinski definition) is 3. The quantitative estimate of drug-likeness (QED) is 0.679. The highest BCUT2D eigenvalue weighted by atomic mass is 32.2. The Bertz CT molecular complexity index is 340. The van der Waals surface area contributed by atoms with Gasteiger partial charge in [0.05, 0.1) is 0 Å². The molecule has 7 heteroatoms. The first-order valence-electron chi connectivity index (χ1n) is 6.06. The molecule has 1 fully saturated rings. The Hall–Kier alpha value is -1.11. The summed E-state index contributed by atoms with van der Waals surface area (Å²) in [6.07, 6.45) is 5.12. The van der Waals surface area contributed by atoms with Crippen molar-refractivity contribution in [3.05, 3.63) is 0 Å². The standard InChI is InChI=1S/C11H20N2O4S/c1-18(17)8-7-12-10(16)13-11(9(14)15)5-3-2-4-6-11/h2-8H2,1H3,(H,14,15)(H2,12,13,16). The van der Waals surface area contributed by atoms with Crippen LogP contribution in [0.4, 0.5) is 4.79 Å². The zero-order valence-corrected chi connectivity index (χ0v) is 11.3. The predicted molar refractivity (Wildman–Crippen MR) is 68.9 cm³/mol. The molecular weight excluding hydrogens is 256 g/mol. The first-order valence-corrected chi connectivity index (χ1v) is 7.78. The summed E-state index contributed by atoms with van der Waals surface area (Å²) in [7, 11) is -0.967. The van der Waals surface area contributed by atoms with Crippen molar-refractivity contribution in [1.29, 1.82) is 0 Å². The summed E-state index contributed by atoms with van der Waals surface area (Å²) in [6.45, 7) is 0.282. The van der Waals surface area contributed by atoms with Crippen molar-refractivity contribution in [1.82, 2.24) is 10.6 Å². The van der Waals surface area contributed by atoms with E-state index in [1.165, 1.54) is 0 Å². The van der Waals surface area contributed by atoms with Crippen LogP contribution in [0, 0.1) is 0 Å². The molecule has 2 amide bonds. The lowest BCUT2D eigenvalue weighted by molar-refractivity contribution is -0.145. The molecule has 104 valence electrons. The highest BCUT2D eigenvalue weighted by molar-refractivity contribution is 7.84. The SMILES string of the molecule is CS(=O)CCNC(=O)NC1(C(=O)O)CCCCC1. The Morgan fingerprint density at radius 2 is 1.89 bits per heavy atom. The smallest absolute Gasteiger partial charge is 0.329 e. The van der Waals surface area contributed by atoms with Crippen LogP contribution in [-0.2, 0) is 15.6 Å². The molecule has 1 saturated carbocycles. The molecule has 18 heavy (non-hydrogen) atoms. The number of carbonyl (C=O) groups excluding carboxylic acids is 1. The van der Waals surface area contributed by atoms with Crippen LogP contribution in [0.1, 0.15) is 32.1 Å². The number of amides is 2. The predicted octanol–water partition coefficient (Wildman–Crippen LogP) is 0.452. The van der Waals surface area contributed by atoms with Crippen molar-refractivity contribution in [3.63, 3.8) is 0 Å². The van der Waals surface area contributed by atoms with Crippen LogP contribution in [0.15, 0.2) is 0 Å². The van der Waals surface area contributed by atoms with E-state index in [4.69, 9.17) is 0 Å². The van der Waals surface area contributed by atoms with Crippen LogP contribution < -0.4 is 10.6 Å². The van der Waals surface area contributed by atoms with Crippen molar-refractivity contribution in [2.75, 3.05) is 18.6 Å². The van der Waals surface area contributed by atoms with Crippen LogP contribution in [0.5, 0.6) is 0 Å². The van der Waals surface area contributed by atoms with Gasteiger partial charge in [0, 0.05) is 29.4 Å². The molecule has 0 aromatic heterocycles. The molecule has 1 aliphatic rings. The maximum absolute atomic E-state index is 11.6. The second-order valence-electron chi connectivity index (χ2n) is 4.61. The van der Waals surface area contributed by atoms with E-state index < -0.39 is 28.3 Å². The van der Waals surface area contributed by atoms with Crippen LogP contribution in [-0.4, -0.2) is 45.4 Å². The average Bonchev–Trinajstić information content (AvgIpc) is 2.29. The Labute approximate surface area is 109 Å². The van der Waals surface area contributed by atoms with Crippen LogP contribution in [0.3, 0.4) is 0 Å². The van der Waals surface area contributed by atoms with Gasteiger partial charge in [-0.2, -0.15) is 0 Å². The van der Waals surface area contributed by atoms with Crippen molar-refractivity contribution in [3.8, 4) is 0 Å². The minimum atomic E-state index is -1.13. The molecule has 1 rings (SSSR count). The average molecular weight is 276 g/mol. The van der Waals surface area contributed by atoms with Gasteiger partial charge in [0.25, 0.3) is 0 Å². The van der Waals surface area contributed by atoms with Crippen molar-refractivity contribution >= 4 is 22.8 Å². The zero-order valence-electron chi connectivity index (χ0n) is 10.5. The number of aliphatic carboxylic acids is 1. The van der Waals surface area contributed by atoms with Crippen molar-refractivity contribution in [2.45, 2.75) is 37.6 Å². The Morgan fingerprint density at radius 1 is 1.28 bits per heavy atom. The summed E-state index contributed by atoms with van der Waals surface area (Å²) in [5.41, 5.74) is -1.13. The minimum absolute atomic E-state index is 0.282. The minimum Gasteiger partial charge on any atom is -0.480 e. The maximum atomic E-state index is 11.6. The lowest BCUT2D eigenvalue weighted by Crippen LogP contribution is -2.58. The summed E-state index contributed by atoms with van der Waals surface area (Å²) in [5, 5.41) is 14.4. The van der Waals surface area contributed by atoms with Gasteiger partial charge in [-0.05, 0) is 12.8 Å². The lowest BCUT2D eigenvalue weighted by Gasteiger charge is -2.33. The molecule has 0 spiro atoms. The summed E-state index contributed by atoms with van der Waals surface area (Å²) in [6, 6.07) is -0.496. The van der Waals surface area contributed by atoms with Crippen LogP contribution in [0.2, 0.25) is 0 Å². The number of nitrogens with one attached hydrogen (secondary N) is 2. The van der Waals surface area contributed by atoms with Gasteiger partial charge in [0.1, 0.15) is 5.54 Å². The molecule has 0 saturated heterocycles. The lowest BCUT2D eigenvalue weighted by atomic mass is 9.82. The summed E-state index contributed by atoms with van der Waals surface area (Å²) in [4.78, 5) is 22.9. The fourth-order valence-corrected chi connectivity index (χ4v) is 2.51. The summed E-state index contributed by atoms with van der Waals surface area (Å²) >= 11 is 0. The molecule has 0 bridgehead atoms. The first-order chi connectivity index (χ1) is 8.46.